The first kappa shape index (κ1) is 18.9. The van der Waals surface area contributed by atoms with Crippen molar-refractivity contribution in [1.82, 2.24) is 25.2 Å². The van der Waals surface area contributed by atoms with Gasteiger partial charge in [0.15, 0.2) is 5.96 Å². The van der Waals surface area contributed by atoms with Crippen LogP contribution < -0.4 is 10.6 Å². The Morgan fingerprint density at radius 3 is 2.81 bits per heavy atom. The monoisotopic (exact) mass is 382 g/mol. The molecule has 0 saturated heterocycles. The van der Waals surface area contributed by atoms with E-state index in [1.807, 2.05) is 47.3 Å². The molecule has 0 bridgehead atoms. The van der Waals surface area contributed by atoms with Gasteiger partial charge in [0.1, 0.15) is 12.1 Å². The van der Waals surface area contributed by atoms with Crippen molar-refractivity contribution in [2.45, 2.75) is 19.9 Å². The van der Waals surface area contributed by atoms with Crippen LogP contribution in [-0.4, -0.2) is 33.6 Å². The topological polar surface area (TPSA) is 67.1 Å². The second-order valence-electron chi connectivity index (χ2n) is 6.00. The maximum Gasteiger partial charge on any atom is 0.191 e. The fourth-order valence-electron chi connectivity index (χ4n) is 2.59. The van der Waals surface area contributed by atoms with Crippen molar-refractivity contribution in [3.63, 3.8) is 0 Å². The Bertz CT molecular complexity index is 858. The number of hydrogen-bond donors (Lipinski definition) is 2. The number of guanidine groups is 1. The molecule has 0 aliphatic rings. The highest BCUT2D eigenvalue weighted by Gasteiger charge is 2.01. The van der Waals surface area contributed by atoms with Gasteiger partial charge >= 0.3 is 0 Å². The zero-order chi connectivity index (χ0) is 18.9. The number of aromatic nitrogens is 3. The fraction of sp³-hybridized carbons (Fsp3) is 0.250. The summed E-state index contributed by atoms with van der Waals surface area (Å²) in [4.78, 5) is 13.1. The van der Waals surface area contributed by atoms with E-state index in [4.69, 9.17) is 11.6 Å². The third-order valence-electron chi connectivity index (χ3n) is 3.94. The Kier molecular flexibility index (Phi) is 6.82. The van der Waals surface area contributed by atoms with Crippen molar-refractivity contribution in [1.29, 1.82) is 0 Å². The van der Waals surface area contributed by atoms with Gasteiger partial charge in [0.05, 0.1) is 6.54 Å². The van der Waals surface area contributed by atoms with Crippen LogP contribution in [0.1, 0.15) is 18.1 Å². The first-order chi connectivity index (χ1) is 13.2. The first-order valence-corrected chi connectivity index (χ1v) is 9.32. The molecule has 27 heavy (non-hydrogen) atoms. The van der Waals surface area contributed by atoms with Crippen molar-refractivity contribution in [3.05, 3.63) is 77.5 Å². The number of nitrogens with one attached hydrogen (secondary N) is 2. The number of hydrogen-bond acceptors (Lipinski definition) is 3. The van der Waals surface area contributed by atoms with E-state index in [0.717, 1.165) is 41.9 Å². The standard InChI is InChI=1S/C20H23ClN6/c1-2-23-20(24-9-8-16-4-3-5-18(21)12-16)26-14-17-6-7-19(25-13-17)27-11-10-22-15-27/h3-7,10-13,15H,2,8-9,14H2,1H3,(H2,23,24,26). The molecule has 3 rings (SSSR count). The molecular formula is C20H23ClN6. The number of aliphatic imine (C=N–C) groups is 1. The van der Waals surface area contributed by atoms with Gasteiger partial charge in [0, 0.05) is 36.7 Å². The lowest BCUT2D eigenvalue weighted by Crippen LogP contribution is -2.38. The minimum atomic E-state index is 0.559. The average Bonchev–Trinajstić information content (AvgIpc) is 3.21. The second kappa shape index (κ2) is 9.73. The lowest BCUT2D eigenvalue weighted by molar-refractivity contribution is 0.799. The van der Waals surface area contributed by atoms with E-state index in [-0.39, 0.29) is 0 Å². The van der Waals surface area contributed by atoms with Gasteiger partial charge in [-0.15, -0.1) is 0 Å². The molecule has 140 valence electrons. The zero-order valence-electron chi connectivity index (χ0n) is 15.3. The van der Waals surface area contributed by atoms with Crippen LogP contribution >= 0.6 is 11.6 Å². The van der Waals surface area contributed by atoms with Gasteiger partial charge < -0.3 is 10.6 Å². The van der Waals surface area contributed by atoms with Gasteiger partial charge in [-0.1, -0.05) is 29.8 Å². The summed E-state index contributed by atoms with van der Waals surface area (Å²) in [5.74, 6) is 1.63. The van der Waals surface area contributed by atoms with Crippen LogP contribution in [0.5, 0.6) is 0 Å². The summed E-state index contributed by atoms with van der Waals surface area (Å²) in [6.07, 6.45) is 8.05. The van der Waals surface area contributed by atoms with E-state index < -0.39 is 0 Å². The van der Waals surface area contributed by atoms with E-state index in [9.17, 15) is 0 Å². The summed E-state index contributed by atoms with van der Waals surface area (Å²) < 4.78 is 1.87. The molecule has 0 aliphatic carbocycles. The quantitative estimate of drug-likeness (QED) is 0.486. The average molecular weight is 383 g/mol. The summed E-state index contributed by atoms with van der Waals surface area (Å²) in [5, 5.41) is 7.38. The predicted octanol–water partition coefficient (Wildman–Crippen LogP) is 3.22. The maximum absolute atomic E-state index is 6.03. The molecule has 2 heterocycles. The van der Waals surface area contributed by atoms with Crippen LogP contribution in [-0.2, 0) is 13.0 Å². The van der Waals surface area contributed by atoms with Gasteiger partial charge in [-0.05, 0) is 42.7 Å². The Morgan fingerprint density at radius 1 is 1.19 bits per heavy atom. The number of benzene rings is 1. The third-order valence-corrected chi connectivity index (χ3v) is 4.17. The van der Waals surface area contributed by atoms with Crippen LogP contribution in [0.15, 0.2) is 66.3 Å². The van der Waals surface area contributed by atoms with E-state index in [0.29, 0.717) is 6.54 Å². The van der Waals surface area contributed by atoms with Crippen LogP contribution in [0.25, 0.3) is 5.82 Å². The van der Waals surface area contributed by atoms with Gasteiger partial charge in [-0.3, -0.25) is 4.57 Å². The van der Waals surface area contributed by atoms with E-state index in [1.165, 1.54) is 5.56 Å². The SMILES string of the molecule is CCNC(=NCc1ccc(-n2ccnc2)nc1)NCCc1cccc(Cl)c1. The molecule has 0 aliphatic heterocycles. The molecule has 1 aromatic carbocycles. The second-order valence-corrected chi connectivity index (χ2v) is 6.43. The smallest absolute Gasteiger partial charge is 0.191 e. The van der Waals surface area contributed by atoms with Crippen molar-refractivity contribution < 1.29 is 0 Å². The minimum absolute atomic E-state index is 0.559. The summed E-state index contributed by atoms with van der Waals surface area (Å²) >= 11 is 6.03. The van der Waals surface area contributed by atoms with Gasteiger partial charge in [0.2, 0.25) is 0 Å². The summed E-state index contributed by atoms with van der Waals surface area (Å²) in [5.41, 5.74) is 2.25. The van der Waals surface area contributed by atoms with E-state index in [2.05, 4.69) is 38.6 Å². The van der Waals surface area contributed by atoms with Crippen LogP contribution in [0.3, 0.4) is 0 Å². The lowest BCUT2D eigenvalue weighted by Gasteiger charge is -2.11. The molecule has 6 nitrogen and oxygen atoms in total. The molecule has 0 spiro atoms. The van der Waals surface area contributed by atoms with Crippen LogP contribution in [0.4, 0.5) is 0 Å². The molecule has 0 unspecified atom stereocenters. The molecular weight excluding hydrogens is 360 g/mol. The lowest BCUT2D eigenvalue weighted by atomic mass is 10.1. The number of pyridine rings is 1. The largest absolute Gasteiger partial charge is 0.357 e. The zero-order valence-corrected chi connectivity index (χ0v) is 16.0. The van der Waals surface area contributed by atoms with E-state index >= 15 is 0 Å². The maximum atomic E-state index is 6.03. The summed E-state index contributed by atoms with van der Waals surface area (Å²) in [6.45, 7) is 4.20. The first-order valence-electron chi connectivity index (χ1n) is 8.94. The molecule has 2 N–H and O–H groups in total. The highest BCUT2D eigenvalue weighted by atomic mass is 35.5. The predicted molar refractivity (Wildman–Crippen MR) is 109 cm³/mol. The number of halogens is 1. The Morgan fingerprint density at radius 2 is 2.11 bits per heavy atom. The molecule has 0 radical (unpaired) electrons. The number of imidazole rings is 1. The van der Waals surface area contributed by atoms with Gasteiger partial charge in [-0.25, -0.2) is 15.0 Å². The normalized spacial score (nSPS) is 11.4. The van der Waals surface area contributed by atoms with Gasteiger partial charge in [0.25, 0.3) is 0 Å². The molecule has 0 fully saturated rings. The number of nitrogens with zero attached hydrogens (tertiary/aromatic N) is 4. The Balaban J connectivity index is 1.55. The molecule has 2 aromatic heterocycles. The summed E-state index contributed by atoms with van der Waals surface area (Å²) in [6, 6.07) is 11.9. The van der Waals surface area contributed by atoms with Crippen molar-refractivity contribution in [3.8, 4) is 5.82 Å². The molecule has 3 aromatic rings. The highest BCUT2D eigenvalue weighted by Crippen LogP contribution is 2.10. The summed E-state index contributed by atoms with van der Waals surface area (Å²) in [7, 11) is 0. The van der Waals surface area contributed by atoms with E-state index in [1.54, 1.807) is 12.5 Å². The van der Waals surface area contributed by atoms with Gasteiger partial charge in [-0.2, -0.15) is 0 Å². The van der Waals surface area contributed by atoms with Crippen molar-refractivity contribution in [2.75, 3.05) is 13.1 Å². The molecule has 0 atom stereocenters. The highest BCUT2D eigenvalue weighted by molar-refractivity contribution is 6.30. The molecule has 0 saturated carbocycles. The Labute approximate surface area is 164 Å². The van der Waals surface area contributed by atoms with Crippen LogP contribution in [0.2, 0.25) is 5.02 Å². The third kappa shape index (κ3) is 5.82. The molecule has 7 heteroatoms. The fourth-order valence-corrected chi connectivity index (χ4v) is 2.80. The minimum Gasteiger partial charge on any atom is -0.357 e. The number of rotatable bonds is 7. The van der Waals surface area contributed by atoms with Crippen molar-refractivity contribution >= 4 is 17.6 Å². The Hall–Kier alpha value is -2.86. The molecule has 0 amide bonds. The van der Waals surface area contributed by atoms with Crippen LogP contribution in [0, 0.1) is 0 Å². The van der Waals surface area contributed by atoms with Crippen molar-refractivity contribution in [2.24, 2.45) is 4.99 Å².